The first-order chi connectivity index (χ1) is 17.2. The van der Waals surface area contributed by atoms with E-state index in [-0.39, 0.29) is 17.1 Å². The van der Waals surface area contributed by atoms with Crippen LogP contribution < -0.4 is 19.1 Å². The van der Waals surface area contributed by atoms with Gasteiger partial charge < -0.3 is 19.3 Å². The molecule has 1 unspecified atom stereocenters. The highest BCUT2D eigenvalue weighted by Crippen LogP contribution is 2.44. The quantitative estimate of drug-likeness (QED) is 0.151. The summed E-state index contributed by atoms with van der Waals surface area (Å²) in [5.74, 6) is -1.29. The molecule has 1 amide bonds. The number of methoxy groups -OCH3 is 2. The summed E-state index contributed by atoms with van der Waals surface area (Å²) in [4.78, 5) is 39.5. The molecule has 8 nitrogen and oxygen atoms in total. The molecule has 184 valence electrons. The lowest BCUT2D eigenvalue weighted by Gasteiger charge is -2.26. The van der Waals surface area contributed by atoms with Crippen molar-refractivity contribution in [2.45, 2.75) is 13.0 Å². The lowest BCUT2D eigenvalue weighted by Crippen LogP contribution is -2.29. The standard InChI is InChI=1S/C27H22BrNO7/c1-15(30)36-20-9-4-6-16(12-20)24-23(25(31)17-10-11-22(35-3)21(28)13-17)26(32)27(33)29(24)18-7-5-8-19(14-18)34-2/h4-14,24,31H,1-3H3/b25-23+. The number of carbonyl (C=O) groups is 3. The summed E-state index contributed by atoms with van der Waals surface area (Å²) in [6.07, 6.45) is 0. The maximum atomic E-state index is 13.4. The van der Waals surface area contributed by atoms with Crippen molar-refractivity contribution >= 4 is 45.0 Å². The molecule has 0 saturated carbocycles. The summed E-state index contributed by atoms with van der Waals surface area (Å²) in [5.41, 5.74) is 1.06. The number of hydrogen-bond acceptors (Lipinski definition) is 7. The number of halogens is 1. The van der Waals surface area contributed by atoms with E-state index in [0.29, 0.717) is 32.8 Å². The summed E-state index contributed by atoms with van der Waals surface area (Å²) in [6.45, 7) is 1.27. The maximum Gasteiger partial charge on any atom is 0.308 e. The highest BCUT2D eigenvalue weighted by atomic mass is 79.9. The molecule has 1 N–H and O–H groups in total. The summed E-state index contributed by atoms with van der Waals surface area (Å²) < 4.78 is 16.3. The predicted octanol–water partition coefficient (Wildman–Crippen LogP) is 5.02. The smallest absolute Gasteiger partial charge is 0.308 e. The van der Waals surface area contributed by atoms with E-state index < -0.39 is 23.7 Å². The highest BCUT2D eigenvalue weighted by molar-refractivity contribution is 9.10. The highest BCUT2D eigenvalue weighted by Gasteiger charge is 2.47. The van der Waals surface area contributed by atoms with Crippen molar-refractivity contribution in [2.75, 3.05) is 19.1 Å². The lowest BCUT2D eigenvalue weighted by molar-refractivity contribution is -0.132. The molecule has 0 radical (unpaired) electrons. The first-order valence-electron chi connectivity index (χ1n) is 10.8. The van der Waals surface area contributed by atoms with Crippen molar-refractivity contribution in [1.82, 2.24) is 0 Å². The maximum absolute atomic E-state index is 13.4. The molecule has 1 aliphatic heterocycles. The van der Waals surface area contributed by atoms with Gasteiger partial charge in [0.1, 0.15) is 23.0 Å². The minimum absolute atomic E-state index is 0.111. The molecule has 0 aliphatic carbocycles. The normalized spacial score (nSPS) is 16.7. The van der Waals surface area contributed by atoms with Crippen molar-refractivity contribution in [2.24, 2.45) is 0 Å². The molecule has 0 aromatic heterocycles. The fourth-order valence-electron chi connectivity index (χ4n) is 4.06. The summed E-state index contributed by atoms with van der Waals surface area (Å²) in [6, 6.07) is 17.0. The van der Waals surface area contributed by atoms with Crippen molar-refractivity contribution in [3.63, 3.8) is 0 Å². The van der Waals surface area contributed by atoms with Crippen molar-refractivity contribution in [3.8, 4) is 17.2 Å². The Morgan fingerprint density at radius 1 is 0.944 bits per heavy atom. The molecule has 1 heterocycles. The van der Waals surface area contributed by atoms with Gasteiger partial charge >= 0.3 is 5.97 Å². The first-order valence-corrected chi connectivity index (χ1v) is 11.6. The summed E-state index contributed by atoms with van der Waals surface area (Å²) >= 11 is 3.38. The topological polar surface area (TPSA) is 102 Å². The van der Waals surface area contributed by atoms with Crippen LogP contribution in [-0.4, -0.2) is 37.0 Å². The van der Waals surface area contributed by atoms with Crippen LogP contribution in [-0.2, 0) is 14.4 Å². The molecule has 1 atom stereocenters. The van der Waals surface area contributed by atoms with Crippen LogP contribution in [0.15, 0.2) is 76.8 Å². The number of aliphatic hydroxyl groups is 1. The molecule has 9 heteroatoms. The van der Waals surface area contributed by atoms with Crippen LogP contribution in [0.5, 0.6) is 17.2 Å². The SMILES string of the molecule is COc1cccc(N2C(=O)C(=O)/C(=C(/O)c3ccc(OC)c(Br)c3)C2c2cccc(OC(C)=O)c2)c1. The molecule has 3 aromatic carbocycles. The Morgan fingerprint density at radius 2 is 1.67 bits per heavy atom. The largest absolute Gasteiger partial charge is 0.507 e. The fourth-order valence-corrected chi connectivity index (χ4v) is 4.60. The monoisotopic (exact) mass is 551 g/mol. The number of Topliss-reactive ketones (excluding diaryl/α,β-unsaturated/α-hetero) is 1. The number of nitrogens with zero attached hydrogens (tertiary/aromatic N) is 1. The summed E-state index contributed by atoms with van der Waals surface area (Å²) in [7, 11) is 3.00. The Bertz CT molecular complexity index is 1400. The minimum atomic E-state index is -1.01. The first kappa shape index (κ1) is 25.0. The van der Waals surface area contributed by atoms with E-state index in [1.54, 1.807) is 66.7 Å². The van der Waals surface area contributed by atoms with Gasteiger partial charge in [0.05, 0.1) is 30.3 Å². The second-order valence-corrected chi connectivity index (χ2v) is 8.74. The zero-order chi connectivity index (χ0) is 26.0. The van der Waals surface area contributed by atoms with Crippen LogP contribution in [0.1, 0.15) is 24.1 Å². The number of ketones is 1. The van der Waals surface area contributed by atoms with Crippen molar-refractivity contribution in [3.05, 3.63) is 87.9 Å². The minimum Gasteiger partial charge on any atom is -0.507 e. The Balaban J connectivity index is 1.94. The molecular weight excluding hydrogens is 530 g/mol. The van der Waals surface area contributed by atoms with Gasteiger partial charge in [-0.3, -0.25) is 19.3 Å². The number of anilines is 1. The molecule has 0 bridgehead atoms. The fraction of sp³-hybridized carbons (Fsp3) is 0.148. The zero-order valence-electron chi connectivity index (χ0n) is 19.7. The van der Waals surface area contributed by atoms with Gasteiger partial charge in [-0.05, 0) is 64.0 Å². The molecule has 4 rings (SSSR count). The molecule has 1 aliphatic rings. The van der Waals surface area contributed by atoms with E-state index in [4.69, 9.17) is 14.2 Å². The van der Waals surface area contributed by atoms with Gasteiger partial charge in [-0.1, -0.05) is 18.2 Å². The molecule has 0 spiro atoms. The molecular formula is C27H22BrNO7. The number of benzene rings is 3. The molecule has 3 aromatic rings. The van der Waals surface area contributed by atoms with Gasteiger partial charge in [-0.2, -0.15) is 0 Å². The Hall–Kier alpha value is -4.11. The molecule has 1 saturated heterocycles. The Morgan fingerprint density at radius 3 is 2.33 bits per heavy atom. The number of aliphatic hydroxyl groups excluding tert-OH is 1. The van der Waals surface area contributed by atoms with Crippen molar-refractivity contribution in [1.29, 1.82) is 0 Å². The van der Waals surface area contributed by atoms with Crippen LogP contribution in [0.2, 0.25) is 0 Å². The van der Waals surface area contributed by atoms with E-state index in [9.17, 15) is 19.5 Å². The number of carbonyl (C=O) groups excluding carboxylic acids is 3. The van der Waals surface area contributed by atoms with Gasteiger partial charge in [0.25, 0.3) is 11.7 Å². The van der Waals surface area contributed by atoms with Gasteiger partial charge in [0, 0.05) is 24.2 Å². The van der Waals surface area contributed by atoms with Gasteiger partial charge in [-0.25, -0.2) is 0 Å². The number of ether oxygens (including phenoxy) is 3. The van der Waals surface area contributed by atoms with Crippen LogP contribution >= 0.6 is 15.9 Å². The Kier molecular flexibility index (Phi) is 7.12. The average molecular weight is 552 g/mol. The van der Waals surface area contributed by atoms with Crippen LogP contribution in [0.3, 0.4) is 0 Å². The van der Waals surface area contributed by atoms with Crippen LogP contribution in [0, 0.1) is 0 Å². The van der Waals surface area contributed by atoms with Gasteiger partial charge in [0.2, 0.25) is 0 Å². The third-order valence-electron chi connectivity index (χ3n) is 5.64. The molecule has 36 heavy (non-hydrogen) atoms. The number of rotatable bonds is 6. The van der Waals surface area contributed by atoms with E-state index >= 15 is 0 Å². The predicted molar refractivity (Wildman–Crippen MR) is 136 cm³/mol. The van der Waals surface area contributed by atoms with E-state index in [0.717, 1.165) is 0 Å². The van der Waals surface area contributed by atoms with Crippen molar-refractivity contribution < 1.29 is 33.7 Å². The van der Waals surface area contributed by atoms with Gasteiger partial charge in [0.15, 0.2) is 0 Å². The second-order valence-electron chi connectivity index (χ2n) is 7.89. The second kappa shape index (κ2) is 10.2. The third kappa shape index (κ3) is 4.70. The lowest BCUT2D eigenvalue weighted by atomic mass is 9.95. The number of hydrogen-bond donors (Lipinski definition) is 1. The van der Waals surface area contributed by atoms with Crippen LogP contribution in [0.25, 0.3) is 5.76 Å². The van der Waals surface area contributed by atoms with E-state index in [1.165, 1.54) is 26.0 Å². The number of amides is 1. The van der Waals surface area contributed by atoms with Crippen LogP contribution in [0.4, 0.5) is 5.69 Å². The third-order valence-corrected chi connectivity index (χ3v) is 6.26. The zero-order valence-corrected chi connectivity index (χ0v) is 21.2. The van der Waals surface area contributed by atoms with E-state index in [1.807, 2.05) is 0 Å². The Labute approximate surface area is 215 Å². The molecule has 1 fully saturated rings. The van der Waals surface area contributed by atoms with E-state index in [2.05, 4.69) is 15.9 Å². The number of esters is 1. The van der Waals surface area contributed by atoms with Gasteiger partial charge in [-0.15, -0.1) is 0 Å². The summed E-state index contributed by atoms with van der Waals surface area (Å²) in [5, 5.41) is 11.3. The average Bonchev–Trinajstić information content (AvgIpc) is 3.13.